The van der Waals surface area contributed by atoms with Gasteiger partial charge < -0.3 is 20.1 Å². The van der Waals surface area contributed by atoms with Crippen LogP contribution in [0.3, 0.4) is 0 Å². The quantitative estimate of drug-likeness (QED) is 0.321. The third kappa shape index (κ3) is 5.39. The molecule has 3 aromatic carbocycles. The van der Waals surface area contributed by atoms with Crippen molar-refractivity contribution in [3.63, 3.8) is 0 Å². The highest BCUT2D eigenvalue weighted by Crippen LogP contribution is 2.39. The van der Waals surface area contributed by atoms with E-state index in [-0.39, 0.29) is 6.04 Å². The molecule has 7 nitrogen and oxygen atoms in total. The minimum absolute atomic E-state index is 0.0844. The van der Waals surface area contributed by atoms with E-state index in [1.54, 1.807) is 14.0 Å². The van der Waals surface area contributed by atoms with Crippen molar-refractivity contribution in [2.45, 2.75) is 19.9 Å². The Kier molecular flexibility index (Phi) is 7.66. The summed E-state index contributed by atoms with van der Waals surface area (Å²) < 4.78 is 10.8. The van der Waals surface area contributed by atoms with E-state index in [0.717, 1.165) is 44.6 Å². The minimum Gasteiger partial charge on any atom is -0.495 e. The highest BCUT2D eigenvalue weighted by atomic mass is 16.5. The van der Waals surface area contributed by atoms with E-state index >= 15 is 0 Å². The third-order valence-electron chi connectivity index (χ3n) is 5.83. The monoisotopic (exact) mass is 480 g/mol. The zero-order valence-corrected chi connectivity index (χ0v) is 20.5. The number of para-hydroxylation sites is 1. The number of nitrogens with zero attached hydrogens (tertiary/aromatic N) is 2. The van der Waals surface area contributed by atoms with E-state index in [0.29, 0.717) is 18.7 Å². The van der Waals surface area contributed by atoms with Crippen molar-refractivity contribution in [3.05, 3.63) is 78.5 Å². The largest absolute Gasteiger partial charge is 0.495 e. The predicted octanol–water partition coefficient (Wildman–Crippen LogP) is 6.00. The second kappa shape index (κ2) is 11.2. The van der Waals surface area contributed by atoms with Gasteiger partial charge in [-0.15, -0.1) is 0 Å². The van der Waals surface area contributed by atoms with Crippen LogP contribution in [0.25, 0.3) is 33.2 Å². The molecular formula is C29H28N4O3. The van der Waals surface area contributed by atoms with E-state index in [9.17, 15) is 4.79 Å². The predicted molar refractivity (Wildman–Crippen MR) is 142 cm³/mol. The number of carbonyl (C=O) groups is 1. The summed E-state index contributed by atoms with van der Waals surface area (Å²) in [6.45, 7) is 4.60. The Morgan fingerprint density at radius 1 is 1.03 bits per heavy atom. The van der Waals surface area contributed by atoms with Gasteiger partial charge in [-0.1, -0.05) is 36.4 Å². The SMILES string of the molecule is CCOC(=O)N[C@H](C)CNc1ccc(-c2cnc3c(-c4ccc(C#N)cc4)cccc3c2OC)cc1. The fourth-order valence-electron chi connectivity index (χ4n) is 4.05. The molecule has 182 valence electrons. The first-order chi connectivity index (χ1) is 17.5. The number of alkyl carbamates (subject to hydrolysis) is 1. The van der Waals surface area contributed by atoms with Crippen molar-refractivity contribution >= 4 is 22.7 Å². The van der Waals surface area contributed by atoms with Gasteiger partial charge in [0.25, 0.3) is 0 Å². The number of nitrogens with one attached hydrogen (secondary N) is 2. The number of ether oxygens (including phenoxy) is 2. The van der Waals surface area contributed by atoms with Gasteiger partial charge in [-0.2, -0.15) is 5.26 Å². The fourth-order valence-corrected chi connectivity index (χ4v) is 4.05. The lowest BCUT2D eigenvalue weighted by Gasteiger charge is -2.16. The standard InChI is InChI=1S/C29H28N4O3/c1-4-36-29(34)33-19(2)17-31-23-14-12-22(13-15-23)26-18-32-27-24(6-5-7-25(27)28(26)35-3)21-10-8-20(16-30)9-11-21/h5-15,18-19,31H,4,17H2,1-3H3,(H,33,34)/t19-/m1/s1. The van der Waals surface area contributed by atoms with Crippen LogP contribution in [-0.4, -0.2) is 37.4 Å². The van der Waals surface area contributed by atoms with Gasteiger partial charge in [0.2, 0.25) is 0 Å². The van der Waals surface area contributed by atoms with Crippen molar-refractivity contribution in [2.24, 2.45) is 0 Å². The van der Waals surface area contributed by atoms with E-state index in [1.165, 1.54) is 0 Å². The molecule has 0 aliphatic carbocycles. The van der Waals surface area contributed by atoms with Gasteiger partial charge in [-0.05, 0) is 55.3 Å². The summed E-state index contributed by atoms with van der Waals surface area (Å²) in [4.78, 5) is 16.4. The highest BCUT2D eigenvalue weighted by Gasteiger charge is 2.15. The van der Waals surface area contributed by atoms with Crippen molar-refractivity contribution in [1.29, 1.82) is 5.26 Å². The molecule has 4 aromatic rings. The number of pyridine rings is 1. The first-order valence-corrected chi connectivity index (χ1v) is 11.8. The summed E-state index contributed by atoms with van der Waals surface area (Å²) in [6, 6.07) is 23.6. The molecule has 0 aliphatic heterocycles. The summed E-state index contributed by atoms with van der Waals surface area (Å²) in [7, 11) is 1.67. The second-order valence-corrected chi connectivity index (χ2v) is 8.32. The lowest BCUT2D eigenvalue weighted by atomic mass is 9.98. The third-order valence-corrected chi connectivity index (χ3v) is 5.83. The number of anilines is 1. The van der Waals surface area contributed by atoms with Crippen molar-refractivity contribution in [3.8, 4) is 34.1 Å². The van der Waals surface area contributed by atoms with Crippen LogP contribution in [0.4, 0.5) is 10.5 Å². The van der Waals surface area contributed by atoms with Crippen LogP contribution in [-0.2, 0) is 4.74 Å². The lowest BCUT2D eigenvalue weighted by molar-refractivity contribution is 0.149. The Bertz CT molecular complexity index is 1390. The summed E-state index contributed by atoms with van der Waals surface area (Å²) in [6.07, 6.45) is 1.42. The lowest BCUT2D eigenvalue weighted by Crippen LogP contribution is -2.37. The van der Waals surface area contributed by atoms with E-state index < -0.39 is 6.09 Å². The van der Waals surface area contributed by atoms with Gasteiger partial charge in [-0.25, -0.2) is 4.79 Å². The number of rotatable bonds is 8. The molecule has 0 bridgehead atoms. The van der Waals surface area contributed by atoms with Gasteiger partial charge in [0.05, 0.1) is 30.9 Å². The number of hydrogen-bond donors (Lipinski definition) is 2. The number of methoxy groups -OCH3 is 1. The normalized spacial score (nSPS) is 11.4. The Morgan fingerprint density at radius 2 is 1.72 bits per heavy atom. The van der Waals surface area contributed by atoms with Crippen molar-refractivity contribution in [1.82, 2.24) is 10.3 Å². The van der Waals surface area contributed by atoms with E-state index in [4.69, 9.17) is 19.7 Å². The molecule has 0 fully saturated rings. The second-order valence-electron chi connectivity index (χ2n) is 8.32. The van der Waals surface area contributed by atoms with Crippen LogP contribution < -0.4 is 15.4 Å². The topological polar surface area (TPSA) is 96.3 Å². The Balaban J connectivity index is 1.57. The molecule has 0 saturated heterocycles. The number of fused-ring (bicyclic) bond motifs is 1. The molecule has 1 heterocycles. The Morgan fingerprint density at radius 3 is 2.39 bits per heavy atom. The maximum absolute atomic E-state index is 11.6. The Hall–Kier alpha value is -4.57. The maximum atomic E-state index is 11.6. The summed E-state index contributed by atoms with van der Waals surface area (Å²) in [5, 5.41) is 16.1. The minimum atomic E-state index is -0.416. The molecule has 1 aromatic heterocycles. The molecular weight excluding hydrogens is 452 g/mol. The molecule has 7 heteroatoms. The first-order valence-electron chi connectivity index (χ1n) is 11.8. The maximum Gasteiger partial charge on any atom is 0.407 e. The summed E-state index contributed by atoms with van der Waals surface area (Å²) in [5.74, 6) is 0.753. The zero-order valence-electron chi connectivity index (χ0n) is 20.5. The number of amides is 1. The van der Waals surface area contributed by atoms with E-state index in [1.807, 2.05) is 79.9 Å². The van der Waals surface area contributed by atoms with Crippen LogP contribution in [0, 0.1) is 11.3 Å². The highest BCUT2D eigenvalue weighted by molar-refractivity contribution is 6.00. The average molecular weight is 481 g/mol. The summed E-state index contributed by atoms with van der Waals surface area (Å²) in [5.41, 5.74) is 6.24. The average Bonchev–Trinajstić information content (AvgIpc) is 2.91. The molecule has 4 rings (SSSR count). The Labute approximate surface area is 210 Å². The van der Waals surface area contributed by atoms with Crippen LogP contribution in [0.1, 0.15) is 19.4 Å². The smallest absolute Gasteiger partial charge is 0.407 e. The molecule has 36 heavy (non-hydrogen) atoms. The van der Waals surface area contributed by atoms with Gasteiger partial charge in [0, 0.05) is 41.0 Å². The van der Waals surface area contributed by atoms with Crippen molar-refractivity contribution < 1.29 is 14.3 Å². The van der Waals surface area contributed by atoms with Gasteiger partial charge in [-0.3, -0.25) is 4.98 Å². The molecule has 1 atom stereocenters. The van der Waals surface area contributed by atoms with E-state index in [2.05, 4.69) is 16.7 Å². The van der Waals surface area contributed by atoms with Crippen LogP contribution in [0.15, 0.2) is 72.9 Å². The number of nitriles is 1. The van der Waals surface area contributed by atoms with Gasteiger partial charge in [0.15, 0.2) is 0 Å². The number of benzene rings is 3. The summed E-state index contributed by atoms with van der Waals surface area (Å²) >= 11 is 0. The molecule has 0 radical (unpaired) electrons. The molecule has 1 amide bonds. The molecule has 2 N–H and O–H groups in total. The zero-order chi connectivity index (χ0) is 25.5. The number of aromatic nitrogens is 1. The van der Waals surface area contributed by atoms with Crippen molar-refractivity contribution in [2.75, 3.05) is 25.6 Å². The van der Waals surface area contributed by atoms with Gasteiger partial charge >= 0.3 is 6.09 Å². The molecule has 0 aliphatic rings. The molecule has 0 spiro atoms. The van der Waals surface area contributed by atoms with Crippen LogP contribution >= 0.6 is 0 Å². The number of hydrogen-bond acceptors (Lipinski definition) is 6. The van der Waals surface area contributed by atoms with Crippen LogP contribution in [0.5, 0.6) is 5.75 Å². The molecule has 0 saturated carbocycles. The molecule has 0 unspecified atom stereocenters. The van der Waals surface area contributed by atoms with Crippen LogP contribution in [0.2, 0.25) is 0 Å². The first kappa shape index (κ1) is 24.6. The fraction of sp³-hybridized carbons (Fsp3) is 0.207. The van der Waals surface area contributed by atoms with Gasteiger partial charge in [0.1, 0.15) is 5.75 Å². The number of carbonyl (C=O) groups excluding carboxylic acids is 1.